The van der Waals surface area contributed by atoms with Crippen molar-refractivity contribution in [1.29, 1.82) is 0 Å². The molecule has 1 saturated heterocycles. The van der Waals surface area contributed by atoms with Crippen molar-refractivity contribution >= 4 is 23.4 Å². The van der Waals surface area contributed by atoms with E-state index < -0.39 is 0 Å². The molecule has 1 amide bonds. The highest BCUT2D eigenvalue weighted by Crippen LogP contribution is 2.45. The monoisotopic (exact) mass is 269 g/mol. The van der Waals surface area contributed by atoms with Crippen molar-refractivity contribution < 1.29 is 4.79 Å². The van der Waals surface area contributed by atoms with Crippen molar-refractivity contribution in [2.75, 3.05) is 4.90 Å². The van der Waals surface area contributed by atoms with Crippen LogP contribution in [0, 0.1) is 0 Å². The second kappa shape index (κ2) is 5.10. The van der Waals surface area contributed by atoms with Crippen LogP contribution in [-0.4, -0.2) is 11.2 Å². The van der Waals surface area contributed by atoms with Crippen LogP contribution in [-0.2, 0) is 4.79 Å². The van der Waals surface area contributed by atoms with Crippen molar-refractivity contribution in [3.8, 4) is 0 Å². The van der Waals surface area contributed by atoms with Gasteiger partial charge in [-0.3, -0.25) is 9.69 Å². The number of carbonyl (C=O) groups excluding carboxylic acids is 1. The summed E-state index contributed by atoms with van der Waals surface area (Å²) in [5.41, 5.74) is 2.15. The maximum absolute atomic E-state index is 12.4. The molecule has 0 N–H and O–H groups in total. The summed E-state index contributed by atoms with van der Waals surface area (Å²) in [6.45, 7) is 1.98. The van der Waals surface area contributed by atoms with Crippen molar-refractivity contribution in [3.63, 3.8) is 0 Å². The summed E-state index contributed by atoms with van der Waals surface area (Å²) in [7, 11) is 0. The molecule has 0 saturated carbocycles. The quantitative estimate of drug-likeness (QED) is 0.825. The molecule has 2 atom stereocenters. The molecule has 2 aromatic carbocycles. The fraction of sp³-hybridized carbons (Fsp3) is 0.188. The van der Waals surface area contributed by atoms with E-state index in [-0.39, 0.29) is 16.5 Å². The summed E-state index contributed by atoms with van der Waals surface area (Å²) in [5, 5.41) is 0.0801. The Kier molecular flexibility index (Phi) is 3.30. The first kappa shape index (κ1) is 12.3. The minimum Gasteiger partial charge on any atom is -0.295 e. The number of carbonyl (C=O) groups is 1. The highest BCUT2D eigenvalue weighted by atomic mass is 32.2. The van der Waals surface area contributed by atoms with E-state index in [2.05, 4.69) is 12.1 Å². The van der Waals surface area contributed by atoms with Crippen molar-refractivity contribution in [3.05, 3.63) is 66.2 Å². The van der Waals surface area contributed by atoms with Gasteiger partial charge in [-0.25, -0.2) is 0 Å². The van der Waals surface area contributed by atoms with E-state index in [1.54, 1.807) is 11.8 Å². The van der Waals surface area contributed by atoms with Gasteiger partial charge in [-0.2, -0.15) is 0 Å². The number of benzene rings is 2. The van der Waals surface area contributed by atoms with E-state index >= 15 is 0 Å². The van der Waals surface area contributed by atoms with Crippen molar-refractivity contribution in [1.82, 2.24) is 0 Å². The van der Waals surface area contributed by atoms with Crippen LogP contribution in [0.4, 0.5) is 5.69 Å². The molecule has 1 heterocycles. The average Bonchev–Trinajstić information content (AvgIpc) is 2.77. The zero-order valence-corrected chi connectivity index (χ0v) is 11.5. The maximum atomic E-state index is 12.4. The van der Waals surface area contributed by atoms with Gasteiger partial charge in [-0.15, -0.1) is 11.8 Å². The van der Waals surface area contributed by atoms with Gasteiger partial charge in [0.1, 0.15) is 5.37 Å². The molecular formula is C16H15NOS. The van der Waals surface area contributed by atoms with Crippen LogP contribution in [0.3, 0.4) is 0 Å². The number of hydrogen-bond donors (Lipinski definition) is 0. The first-order valence-corrected chi connectivity index (χ1v) is 7.30. The normalized spacial score (nSPS) is 22.8. The molecule has 1 aliphatic heterocycles. The Morgan fingerprint density at radius 3 is 2.16 bits per heavy atom. The number of hydrogen-bond acceptors (Lipinski definition) is 2. The van der Waals surface area contributed by atoms with Gasteiger partial charge < -0.3 is 0 Å². The van der Waals surface area contributed by atoms with Crippen LogP contribution in [0.2, 0.25) is 0 Å². The largest absolute Gasteiger partial charge is 0.295 e. The summed E-state index contributed by atoms with van der Waals surface area (Å²) < 4.78 is 0. The van der Waals surface area contributed by atoms with Crippen molar-refractivity contribution in [2.45, 2.75) is 17.5 Å². The average molecular weight is 269 g/mol. The Morgan fingerprint density at radius 2 is 1.53 bits per heavy atom. The molecule has 3 rings (SSSR count). The van der Waals surface area contributed by atoms with E-state index in [9.17, 15) is 4.79 Å². The Hall–Kier alpha value is -1.74. The first-order chi connectivity index (χ1) is 9.27. The van der Waals surface area contributed by atoms with Crippen LogP contribution in [0.15, 0.2) is 60.7 Å². The van der Waals surface area contributed by atoms with E-state index in [0.29, 0.717) is 0 Å². The molecule has 0 bridgehead atoms. The summed E-state index contributed by atoms with van der Waals surface area (Å²) >= 11 is 1.71. The first-order valence-electron chi connectivity index (χ1n) is 6.36. The molecule has 0 aromatic heterocycles. The SMILES string of the molecule is CC1SC(c2ccccc2)N(c2ccccc2)C1=O. The highest BCUT2D eigenvalue weighted by molar-refractivity contribution is 8.01. The second-order valence-corrected chi connectivity index (χ2v) is 6.01. The Morgan fingerprint density at radius 1 is 0.947 bits per heavy atom. The summed E-state index contributed by atoms with van der Waals surface area (Å²) in [4.78, 5) is 14.3. The second-order valence-electron chi connectivity index (χ2n) is 4.59. The molecule has 1 fully saturated rings. The van der Waals surface area contributed by atoms with Gasteiger partial charge in [0, 0.05) is 5.69 Å². The van der Waals surface area contributed by atoms with Gasteiger partial charge in [-0.1, -0.05) is 48.5 Å². The standard InChI is InChI=1S/C16H15NOS/c1-12-15(18)17(14-10-6-3-7-11-14)16(19-12)13-8-4-2-5-9-13/h2-12,16H,1H3. The highest BCUT2D eigenvalue weighted by Gasteiger charge is 2.39. The predicted molar refractivity (Wildman–Crippen MR) is 80.2 cm³/mol. The zero-order chi connectivity index (χ0) is 13.2. The Balaban J connectivity index is 2.02. The summed E-state index contributed by atoms with van der Waals surface area (Å²) in [5.74, 6) is 0.185. The van der Waals surface area contributed by atoms with Crippen LogP contribution < -0.4 is 4.90 Å². The molecule has 0 radical (unpaired) electrons. The lowest BCUT2D eigenvalue weighted by Gasteiger charge is -2.24. The third kappa shape index (κ3) is 2.26. The smallest absolute Gasteiger partial charge is 0.241 e. The molecule has 96 valence electrons. The number of amides is 1. The molecule has 2 aromatic rings. The fourth-order valence-corrected chi connectivity index (χ4v) is 3.60. The van der Waals surface area contributed by atoms with Crippen molar-refractivity contribution in [2.24, 2.45) is 0 Å². The van der Waals surface area contributed by atoms with Gasteiger partial charge in [0.05, 0.1) is 5.25 Å². The Bertz CT molecular complexity index is 570. The molecule has 1 aliphatic rings. The number of para-hydroxylation sites is 1. The molecule has 19 heavy (non-hydrogen) atoms. The van der Waals surface area contributed by atoms with E-state index in [0.717, 1.165) is 5.69 Å². The van der Waals surface area contributed by atoms with Gasteiger partial charge in [0.2, 0.25) is 5.91 Å². The molecule has 3 heteroatoms. The van der Waals surface area contributed by atoms with E-state index in [1.165, 1.54) is 5.56 Å². The minimum atomic E-state index is 0.00501. The Labute approximate surface area is 117 Å². The van der Waals surface area contributed by atoms with E-state index in [4.69, 9.17) is 0 Å². The summed E-state index contributed by atoms with van der Waals surface area (Å²) in [6.07, 6.45) is 0. The van der Waals surface area contributed by atoms with Crippen LogP contribution >= 0.6 is 11.8 Å². The zero-order valence-electron chi connectivity index (χ0n) is 10.7. The van der Waals surface area contributed by atoms with Crippen LogP contribution in [0.5, 0.6) is 0 Å². The number of nitrogens with zero attached hydrogens (tertiary/aromatic N) is 1. The van der Waals surface area contributed by atoms with Gasteiger partial charge in [0.25, 0.3) is 0 Å². The fourth-order valence-electron chi connectivity index (χ4n) is 2.32. The molecule has 0 spiro atoms. The van der Waals surface area contributed by atoms with Gasteiger partial charge >= 0.3 is 0 Å². The third-order valence-electron chi connectivity index (χ3n) is 3.27. The molecule has 2 nitrogen and oxygen atoms in total. The topological polar surface area (TPSA) is 20.3 Å². The van der Waals surface area contributed by atoms with Gasteiger partial charge in [-0.05, 0) is 24.6 Å². The molecule has 0 aliphatic carbocycles. The molecular weight excluding hydrogens is 254 g/mol. The maximum Gasteiger partial charge on any atom is 0.241 e. The van der Waals surface area contributed by atoms with Crippen LogP contribution in [0.1, 0.15) is 17.9 Å². The third-order valence-corrected chi connectivity index (χ3v) is 4.62. The van der Waals surface area contributed by atoms with Gasteiger partial charge in [0.15, 0.2) is 0 Å². The van der Waals surface area contributed by atoms with Crippen LogP contribution in [0.25, 0.3) is 0 Å². The predicted octanol–water partition coefficient (Wildman–Crippen LogP) is 3.85. The molecule has 2 unspecified atom stereocenters. The number of thioether (sulfide) groups is 1. The number of rotatable bonds is 2. The lowest BCUT2D eigenvalue weighted by molar-refractivity contribution is -0.117. The van der Waals surface area contributed by atoms with E-state index in [1.807, 2.05) is 60.4 Å². The summed E-state index contributed by atoms with van der Waals surface area (Å²) in [6, 6.07) is 20.1. The minimum absolute atomic E-state index is 0.00501. The lowest BCUT2D eigenvalue weighted by Crippen LogP contribution is -2.29. The lowest BCUT2D eigenvalue weighted by atomic mass is 10.2. The number of anilines is 1.